The molecule has 0 radical (unpaired) electrons. The molecule has 0 bridgehead atoms. The maximum Gasteiger partial charge on any atom is 0.335 e. The fourth-order valence-electron chi connectivity index (χ4n) is 3.19. The van der Waals surface area contributed by atoms with E-state index < -0.39 is 17.8 Å². The quantitative estimate of drug-likeness (QED) is 0.145. The normalized spacial score (nSPS) is 14.7. The molecule has 178 valence electrons. The summed E-state index contributed by atoms with van der Waals surface area (Å²) in [5.74, 6) is 0.105. The number of urea groups is 1. The van der Waals surface area contributed by atoms with Gasteiger partial charge in [0.2, 0.25) is 0 Å². The Bertz CT molecular complexity index is 1130. The van der Waals surface area contributed by atoms with Crippen LogP contribution in [0.3, 0.4) is 0 Å². The molecule has 1 aliphatic rings. The molecule has 4 amide bonds. The number of anilines is 1. The van der Waals surface area contributed by atoms with Crippen LogP contribution in [-0.4, -0.2) is 38.2 Å². The minimum atomic E-state index is -0.813. The maximum atomic E-state index is 13.2. The topological polar surface area (TPSA) is 94.2 Å². The number of carbonyl (C=O) groups excluding carboxylic acids is 3. The van der Waals surface area contributed by atoms with Gasteiger partial charge in [0.1, 0.15) is 17.9 Å². The summed E-state index contributed by atoms with van der Waals surface area (Å²) in [5.41, 5.74) is 0.684. The zero-order valence-electron chi connectivity index (χ0n) is 18.9. The lowest BCUT2D eigenvalue weighted by atomic mass is 10.1. The summed E-state index contributed by atoms with van der Waals surface area (Å²) in [6.45, 7) is 6.59. The molecular formula is C25H25IN2O6. The first-order valence-electron chi connectivity index (χ1n) is 10.6. The molecule has 3 rings (SSSR count). The molecule has 0 aromatic heterocycles. The van der Waals surface area contributed by atoms with Crippen molar-refractivity contribution < 1.29 is 28.6 Å². The average molecular weight is 576 g/mol. The van der Waals surface area contributed by atoms with Crippen LogP contribution >= 0.6 is 22.6 Å². The molecule has 0 atom stereocenters. The van der Waals surface area contributed by atoms with Gasteiger partial charge in [0.05, 0.1) is 23.0 Å². The molecule has 1 N–H and O–H groups in total. The van der Waals surface area contributed by atoms with Crippen molar-refractivity contribution in [2.45, 2.75) is 19.8 Å². The zero-order chi connectivity index (χ0) is 24.7. The SMILES string of the molecule is C=CCOc1c(I)cc(/C=C2/C(=O)NC(=O)N(c3ccc(OCCCC)cc3)C2=O)cc1OC. The van der Waals surface area contributed by atoms with Gasteiger partial charge in [0, 0.05) is 0 Å². The van der Waals surface area contributed by atoms with Crippen LogP contribution in [0.15, 0.2) is 54.6 Å². The Hall–Kier alpha value is -3.34. The number of unbranched alkanes of at least 4 members (excludes halogenated alkanes) is 1. The number of rotatable bonds is 10. The number of methoxy groups -OCH3 is 1. The van der Waals surface area contributed by atoms with E-state index in [-0.39, 0.29) is 5.57 Å². The van der Waals surface area contributed by atoms with E-state index in [0.717, 1.165) is 21.3 Å². The highest BCUT2D eigenvalue weighted by atomic mass is 127. The average Bonchev–Trinajstić information content (AvgIpc) is 2.81. The molecule has 1 saturated heterocycles. The molecule has 0 spiro atoms. The number of nitrogens with zero attached hydrogens (tertiary/aromatic N) is 1. The largest absolute Gasteiger partial charge is 0.494 e. The number of hydrogen-bond donors (Lipinski definition) is 1. The standard InChI is InChI=1S/C25H25IN2O6/c1-4-6-12-33-18-9-7-17(8-10-18)28-24(30)19(23(29)27-25(28)31)13-16-14-20(26)22(34-11-5-2)21(15-16)32-3/h5,7-10,13-15H,2,4,6,11-12H2,1,3H3,(H,27,29,31)/b19-13-. The summed E-state index contributed by atoms with van der Waals surface area (Å²) in [4.78, 5) is 39.1. The van der Waals surface area contributed by atoms with E-state index in [0.29, 0.717) is 41.7 Å². The molecule has 8 nitrogen and oxygen atoms in total. The number of halogens is 1. The smallest absolute Gasteiger partial charge is 0.335 e. The van der Waals surface area contributed by atoms with E-state index in [1.807, 2.05) is 0 Å². The number of nitrogens with one attached hydrogen (secondary N) is 1. The fourth-order valence-corrected chi connectivity index (χ4v) is 3.97. The van der Waals surface area contributed by atoms with Crippen LogP contribution in [0.2, 0.25) is 0 Å². The van der Waals surface area contributed by atoms with Gasteiger partial charge in [-0.05, 0) is 77.0 Å². The molecule has 34 heavy (non-hydrogen) atoms. The van der Waals surface area contributed by atoms with Crippen LogP contribution in [-0.2, 0) is 9.59 Å². The van der Waals surface area contributed by atoms with E-state index in [4.69, 9.17) is 14.2 Å². The van der Waals surface area contributed by atoms with Gasteiger partial charge >= 0.3 is 6.03 Å². The van der Waals surface area contributed by atoms with Crippen LogP contribution in [0.25, 0.3) is 6.08 Å². The predicted molar refractivity (Wildman–Crippen MR) is 137 cm³/mol. The van der Waals surface area contributed by atoms with Crippen molar-refractivity contribution in [1.29, 1.82) is 0 Å². The molecular weight excluding hydrogens is 551 g/mol. The maximum absolute atomic E-state index is 13.2. The van der Waals surface area contributed by atoms with Crippen LogP contribution in [0.4, 0.5) is 10.5 Å². The third kappa shape index (κ3) is 5.77. The van der Waals surface area contributed by atoms with Gasteiger partial charge < -0.3 is 14.2 Å². The second kappa shape index (κ2) is 11.7. The molecule has 2 aromatic carbocycles. The summed E-state index contributed by atoms with van der Waals surface area (Å²) in [5, 5.41) is 2.23. The molecule has 1 aliphatic heterocycles. The fraction of sp³-hybridized carbons (Fsp3) is 0.240. The predicted octanol–water partition coefficient (Wildman–Crippen LogP) is 4.71. The summed E-state index contributed by atoms with van der Waals surface area (Å²) >= 11 is 2.08. The van der Waals surface area contributed by atoms with Gasteiger partial charge in [0.15, 0.2) is 11.5 Å². The third-order valence-electron chi connectivity index (χ3n) is 4.87. The highest BCUT2D eigenvalue weighted by Gasteiger charge is 2.36. The Labute approximate surface area is 211 Å². The second-order valence-electron chi connectivity index (χ2n) is 7.29. The Balaban J connectivity index is 1.90. The first-order chi connectivity index (χ1) is 16.4. The van der Waals surface area contributed by atoms with Crippen molar-refractivity contribution in [2.75, 3.05) is 25.2 Å². The van der Waals surface area contributed by atoms with Crippen molar-refractivity contribution in [3.63, 3.8) is 0 Å². The molecule has 2 aromatic rings. The van der Waals surface area contributed by atoms with Crippen LogP contribution in [0, 0.1) is 3.57 Å². The Kier molecular flexibility index (Phi) is 8.69. The Morgan fingerprint density at radius 3 is 2.50 bits per heavy atom. The first kappa shape index (κ1) is 25.3. The number of ether oxygens (including phenoxy) is 3. The number of benzene rings is 2. The van der Waals surface area contributed by atoms with Crippen molar-refractivity contribution in [1.82, 2.24) is 5.32 Å². The molecule has 0 saturated carbocycles. The van der Waals surface area contributed by atoms with E-state index in [1.165, 1.54) is 13.2 Å². The summed E-state index contributed by atoms with van der Waals surface area (Å²) in [6, 6.07) is 9.15. The van der Waals surface area contributed by atoms with Crippen molar-refractivity contribution in [2.24, 2.45) is 0 Å². The lowest BCUT2D eigenvalue weighted by Gasteiger charge is -2.26. The number of carbonyl (C=O) groups is 3. The van der Waals surface area contributed by atoms with Crippen molar-refractivity contribution >= 4 is 52.2 Å². The van der Waals surface area contributed by atoms with Crippen molar-refractivity contribution in [3.05, 3.63) is 63.8 Å². The van der Waals surface area contributed by atoms with Gasteiger partial charge in [-0.3, -0.25) is 14.9 Å². The van der Waals surface area contributed by atoms with Crippen LogP contribution in [0.1, 0.15) is 25.3 Å². The number of imide groups is 2. The molecule has 0 aliphatic carbocycles. The summed E-state index contributed by atoms with van der Waals surface area (Å²) < 4.78 is 17.4. The molecule has 0 unspecified atom stereocenters. The Morgan fingerprint density at radius 1 is 1.12 bits per heavy atom. The minimum Gasteiger partial charge on any atom is -0.494 e. The van der Waals surface area contributed by atoms with Gasteiger partial charge in [-0.1, -0.05) is 26.0 Å². The number of amides is 4. The minimum absolute atomic E-state index is 0.180. The molecule has 1 fully saturated rings. The lowest BCUT2D eigenvalue weighted by molar-refractivity contribution is -0.122. The highest BCUT2D eigenvalue weighted by molar-refractivity contribution is 14.1. The second-order valence-corrected chi connectivity index (χ2v) is 8.45. The van der Waals surface area contributed by atoms with E-state index in [9.17, 15) is 14.4 Å². The van der Waals surface area contributed by atoms with Gasteiger partial charge in [-0.15, -0.1) is 0 Å². The van der Waals surface area contributed by atoms with Crippen molar-refractivity contribution in [3.8, 4) is 17.2 Å². The van der Waals surface area contributed by atoms with E-state index in [1.54, 1.807) is 42.5 Å². The molecule has 1 heterocycles. The van der Waals surface area contributed by atoms with Gasteiger partial charge in [-0.2, -0.15) is 0 Å². The van der Waals surface area contributed by atoms with Gasteiger partial charge in [-0.25, -0.2) is 9.69 Å². The van der Waals surface area contributed by atoms with Gasteiger partial charge in [0.25, 0.3) is 11.8 Å². The third-order valence-corrected chi connectivity index (χ3v) is 5.67. The monoisotopic (exact) mass is 576 g/mol. The first-order valence-corrected chi connectivity index (χ1v) is 11.7. The van der Waals surface area contributed by atoms with Crippen LogP contribution < -0.4 is 24.4 Å². The van der Waals surface area contributed by atoms with E-state index >= 15 is 0 Å². The van der Waals surface area contributed by atoms with E-state index in [2.05, 4.69) is 41.4 Å². The summed E-state index contributed by atoms with van der Waals surface area (Å²) in [7, 11) is 1.50. The number of barbiturate groups is 1. The lowest BCUT2D eigenvalue weighted by Crippen LogP contribution is -2.54. The highest BCUT2D eigenvalue weighted by Crippen LogP contribution is 2.35. The van der Waals surface area contributed by atoms with Crippen LogP contribution in [0.5, 0.6) is 17.2 Å². The Morgan fingerprint density at radius 2 is 1.85 bits per heavy atom. The number of hydrogen-bond acceptors (Lipinski definition) is 6. The molecule has 9 heteroatoms. The summed E-state index contributed by atoms with van der Waals surface area (Å²) in [6.07, 6.45) is 4.97. The zero-order valence-corrected chi connectivity index (χ0v) is 21.1.